The van der Waals surface area contributed by atoms with Gasteiger partial charge in [0, 0.05) is 43.2 Å². The maximum absolute atomic E-state index is 14.9. The third-order valence-corrected chi connectivity index (χ3v) is 14.4. The number of ether oxygens (including phenoxy) is 2. The van der Waals surface area contributed by atoms with Crippen molar-refractivity contribution in [2.75, 3.05) is 26.7 Å². The molecule has 0 radical (unpaired) electrons. The van der Waals surface area contributed by atoms with Gasteiger partial charge in [0.15, 0.2) is 0 Å². The number of hydrogen-bond donors (Lipinski definition) is 2. The Bertz CT molecular complexity index is 2180. The second-order valence-electron chi connectivity index (χ2n) is 16.8. The predicted octanol–water partition coefficient (Wildman–Crippen LogP) is 5.89. The average Bonchev–Trinajstić information content (AvgIpc) is 4.16. The fourth-order valence-corrected chi connectivity index (χ4v) is 10.3. The first-order chi connectivity index (χ1) is 28.0. The van der Waals surface area contributed by atoms with Crippen LogP contribution in [-0.2, 0) is 29.2 Å². The molecule has 0 unspecified atom stereocenters. The number of fused-ring (bicyclic) bond motifs is 3. The minimum atomic E-state index is -3.88. The van der Waals surface area contributed by atoms with Crippen LogP contribution in [0.1, 0.15) is 83.5 Å². The molecule has 3 aromatic rings. The van der Waals surface area contributed by atoms with Gasteiger partial charge >= 0.3 is 0 Å². The van der Waals surface area contributed by atoms with E-state index in [0.717, 1.165) is 66.8 Å². The third-order valence-electron chi connectivity index (χ3n) is 12.6. The Morgan fingerprint density at radius 3 is 2.45 bits per heavy atom. The molecule has 3 aromatic carbocycles. The van der Waals surface area contributed by atoms with Crippen LogP contribution in [0.4, 0.5) is 0 Å². The van der Waals surface area contributed by atoms with Crippen molar-refractivity contribution in [3.63, 3.8) is 0 Å². The molecule has 2 N–H and O–H groups in total. The van der Waals surface area contributed by atoms with E-state index in [9.17, 15) is 27.6 Å². The van der Waals surface area contributed by atoms with Crippen LogP contribution >= 0.6 is 0 Å². The Balaban J connectivity index is 1.12. The number of amides is 4. The molecule has 58 heavy (non-hydrogen) atoms. The van der Waals surface area contributed by atoms with E-state index in [-0.39, 0.29) is 37.6 Å². The maximum Gasteiger partial charge on any atom is 0.259 e. The van der Waals surface area contributed by atoms with Gasteiger partial charge in [0.2, 0.25) is 27.7 Å². The highest BCUT2D eigenvalue weighted by Crippen LogP contribution is 2.46. The van der Waals surface area contributed by atoms with Crippen LogP contribution in [0.2, 0.25) is 0 Å². The lowest BCUT2D eigenvalue weighted by Gasteiger charge is -2.31. The van der Waals surface area contributed by atoms with Crippen LogP contribution in [0.3, 0.4) is 0 Å². The summed E-state index contributed by atoms with van der Waals surface area (Å²) < 4.78 is 40.5. The van der Waals surface area contributed by atoms with Crippen molar-refractivity contribution < 1.29 is 37.1 Å². The molecule has 8 rings (SSSR count). The SMILES string of the molecule is COc1ccc2c(O[C@@H]3C[C@H]4C(=O)N[C@]5(C(=O)NS(=O)(=O)C6CC6)C[C@H]5C=CCCCCC[C@H](CC(=O)N5CCCCC5)C(=O)N4C3)cc(-c3ccccc3)cc2c1. The van der Waals surface area contributed by atoms with Gasteiger partial charge in [0.05, 0.1) is 18.9 Å². The lowest BCUT2D eigenvalue weighted by molar-refractivity contribution is -0.145. The van der Waals surface area contributed by atoms with Crippen molar-refractivity contribution in [2.45, 2.75) is 106 Å². The number of benzene rings is 3. The van der Waals surface area contributed by atoms with E-state index in [4.69, 9.17) is 9.47 Å². The fourth-order valence-electron chi connectivity index (χ4n) is 8.98. The maximum atomic E-state index is 14.9. The lowest BCUT2D eigenvalue weighted by Crippen LogP contribution is -2.57. The molecule has 12 nitrogen and oxygen atoms in total. The molecule has 2 aliphatic carbocycles. The van der Waals surface area contributed by atoms with Crippen LogP contribution in [0.25, 0.3) is 21.9 Å². The Kier molecular flexibility index (Phi) is 11.5. The standard InChI is InChI=1S/C45H54N4O8S/c1-56-35-17-20-38-33(24-35)23-32(30-13-8-5-9-14-30)25-40(38)57-36-27-39-42(51)46-45(44(53)47-58(54,55)37-18-19-37)28-34(45)16-10-4-2-3-7-15-31(43(52)49(39)29-36)26-41(50)48-21-11-6-12-22-48/h5,8-10,13-14,16-17,20,23-25,31,34,36-37,39H,2-4,6-7,11-12,15,18-19,21-22,26-29H2,1H3,(H,46,51)(H,47,53)/t31-,34-,36-,39+,45-/m1/s1. The first kappa shape index (κ1) is 39.9. The van der Waals surface area contributed by atoms with Crippen LogP contribution in [0.5, 0.6) is 11.5 Å². The van der Waals surface area contributed by atoms with Crippen molar-refractivity contribution in [1.29, 1.82) is 0 Å². The van der Waals surface area contributed by atoms with Crippen molar-refractivity contribution >= 4 is 44.4 Å². The molecule has 4 fully saturated rings. The minimum Gasteiger partial charge on any atom is -0.497 e. The van der Waals surface area contributed by atoms with Gasteiger partial charge in [-0.3, -0.25) is 23.9 Å². The summed E-state index contributed by atoms with van der Waals surface area (Å²) in [7, 11) is -2.26. The first-order valence-corrected chi connectivity index (χ1v) is 22.6. The van der Waals surface area contributed by atoms with Crippen LogP contribution < -0.4 is 19.5 Å². The molecule has 3 heterocycles. The quantitative estimate of drug-likeness (QED) is 0.254. The van der Waals surface area contributed by atoms with Crippen molar-refractivity contribution in [1.82, 2.24) is 19.8 Å². The molecule has 0 aromatic heterocycles. The molecular formula is C45H54N4O8S. The van der Waals surface area contributed by atoms with Gasteiger partial charge < -0.3 is 24.6 Å². The summed E-state index contributed by atoms with van der Waals surface area (Å²) in [4.78, 5) is 60.5. The summed E-state index contributed by atoms with van der Waals surface area (Å²) in [6.07, 6.45) is 11.4. The van der Waals surface area contributed by atoms with Gasteiger partial charge in [-0.2, -0.15) is 0 Å². The highest BCUT2D eigenvalue weighted by atomic mass is 32.2. The van der Waals surface area contributed by atoms with Gasteiger partial charge in [-0.05, 0) is 105 Å². The number of carbonyl (C=O) groups excluding carboxylic acids is 4. The molecule has 13 heteroatoms. The lowest BCUT2D eigenvalue weighted by atomic mass is 9.94. The van der Waals surface area contributed by atoms with E-state index >= 15 is 0 Å². The van der Waals surface area contributed by atoms with Gasteiger partial charge in [-0.25, -0.2) is 8.42 Å². The Hall–Kier alpha value is -4.91. The summed E-state index contributed by atoms with van der Waals surface area (Å²) in [5, 5.41) is 4.10. The minimum absolute atomic E-state index is 0.0418. The summed E-state index contributed by atoms with van der Waals surface area (Å²) in [5.41, 5.74) is 0.454. The molecule has 5 atom stereocenters. The van der Waals surface area contributed by atoms with Gasteiger partial charge in [0.1, 0.15) is 29.2 Å². The number of rotatable bonds is 9. The van der Waals surface area contributed by atoms with E-state index in [2.05, 4.69) is 16.1 Å². The zero-order chi connectivity index (χ0) is 40.4. The average molecular weight is 811 g/mol. The first-order valence-electron chi connectivity index (χ1n) is 21.0. The van der Waals surface area contributed by atoms with Crippen LogP contribution in [0.15, 0.2) is 72.8 Å². The number of methoxy groups -OCH3 is 1. The second-order valence-corrected chi connectivity index (χ2v) is 18.7. The summed E-state index contributed by atoms with van der Waals surface area (Å²) in [6, 6.07) is 18.7. The molecule has 4 amide bonds. The third kappa shape index (κ3) is 8.60. The fraction of sp³-hybridized carbons (Fsp3) is 0.511. The molecule has 308 valence electrons. The van der Waals surface area contributed by atoms with Crippen LogP contribution in [-0.4, -0.2) is 91.5 Å². The second kappa shape index (κ2) is 16.8. The molecule has 3 aliphatic heterocycles. The van der Waals surface area contributed by atoms with Crippen molar-refractivity contribution in [2.24, 2.45) is 11.8 Å². The Morgan fingerprint density at radius 1 is 0.914 bits per heavy atom. The van der Waals surface area contributed by atoms with Crippen molar-refractivity contribution in [3.8, 4) is 22.6 Å². The van der Waals surface area contributed by atoms with E-state index in [0.29, 0.717) is 43.9 Å². The van der Waals surface area contributed by atoms with E-state index < -0.39 is 56.6 Å². The highest BCUT2D eigenvalue weighted by molar-refractivity contribution is 7.91. The van der Waals surface area contributed by atoms with E-state index in [1.165, 1.54) is 0 Å². The summed E-state index contributed by atoms with van der Waals surface area (Å²) in [5.74, 6) is -1.36. The molecule has 0 spiro atoms. The number of sulfonamides is 1. The highest BCUT2D eigenvalue weighted by Gasteiger charge is 2.62. The predicted molar refractivity (Wildman–Crippen MR) is 220 cm³/mol. The van der Waals surface area contributed by atoms with Crippen molar-refractivity contribution in [3.05, 3.63) is 72.8 Å². The zero-order valence-corrected chi connectivity index (χ0v) is 34.0. The number of hydrogen-bond acceptors (Lipinski definition) is 8. The number of likely N-dealkylation sites (tertiary alicyclic amines) is 1. The van der Waals surface area contributed by atoms with Gasteiger partial charge in [-0.1, -0.05) is 55.3 Å². The Labute approximate surface area is 340 Å². The topological polar surface area (TPSA) is 151 Å². The molecule has 5 aliphatic rings. The number of nitrogens with one attached hydrogen (secondary N) is 2. The zero-order valence-electron chi connectivity index (χ0n) is 33.2. The number of allylic oxidation sites excluding steroid dienone is 1. The molecule has 0 bridgehead atoms. The molecule has 2 saturated carbocycles. The van der Waals surface area contributed by atoms with E-state index in [1.807, 2.05) is 71.6 Å². The largest absolute Gasteiger partial charge is 0.497 e. The van der Waals surface area contributed by atoms with E-state index in [1.54, 1.807) is 12.0 Å². The monoisotopic (exact) mass is 810 g/mol. The van der Waals surface area contributed by atoms with Gasteiger partial charge in [0.25, 0.3) is 5.91 Å². The molecule has 2 saturated heterocycles. The summed E-state index contributed by atoms with van der Waals surface area (Å²) in [6.45, 7) is 1.46. The number of carbonyl (C=O) groups is 4. The number of nitrogens with zero attached hydrogens (tertiary/aromatic N) is 2. The smallest absolute Gasteiger partial charge is 0.259 e. The molecular weight excluding hydrogens is 757 g/mol. The summed E-state index contributed by atoms with van der Waals surface area (Å²) >= 11 is 0. The van der Waals surface area contributed by atoms with Gasteiger partial charge in [-0.15, -0.1) is 0 Å². The normalized spacial score (nSPS) is 26.8. The number of piperidine rings is 1. The van der Waals surface area contributed by atoms with Crippen LogP contribution in [0, 0.1) is 11.8 Å². The Morgan fingerprint density at radius 2 is 1.69 bits per heavy atom.